The van der Waals surface area contributed by atoms with Crippen LogP contribution in [0.5, 0.6) is 0 Å². The lowest BCUT2D eigenvalue weighted by Gasteiger charge is -2.27. The molecule has 3 heteroatoms. The maximum Gasteiger partial charge on any atom is 0.335 e. The van der Waals surface area contributed by atoms with Crippen LogP contribution in [0.2, 0.25) is 0 Å². The van der Waals surface area contributed by atoms with E-state index in [1.165, 1.54) is 18.4 Å². The molecule has 1 fully saturated rings. The van der Waals surface area contributed by atoms with Gasteiger partial charge in [-0.05, 0) is 30.5 Å². The monoisotopic (exact) mass is 298 g/mol. The van der Waals surface area contributed by atoms with Crippen molar-refractivity contribution in [3.63, 3.8) is 0 Å². The third-order valence-corrected chi connectivity index (χ3v) is 3.98. The van der Waals surface area contributed by atoms with Gasteiger partial charge in [-0.2, -0.15) is 0 Å². The van der Waals surface area contributed by atoms with Crippen LogP contribution in [0, 0.1) is 0 Å². The van der Waals surface area contributed by atoms with Crippen LogP contribution in [0.3, 0.4) is 0 Å². The number of aliphatic hydroxyl groups excluding tert-OH is 1. The Hall–Kier alpha value is -2.13. The highest BCUT2D eigenvalue weighted by Crippen LogP contribution is 2.32. The molecule has 22 heavy (non-hydrogen) atoms. The van der Waals surface area contributed by atoms with Gasteiger partial charge in [-0.3, -0.25) is 0 Å². The number of benzene rings is 2. The first-order valence-electron chi connectivity index (χ1n) is 7.70. The topological polar surface area (TPSA) is 57.5 Å². The minimum absolute atomic E-state index is 0.115. The summed E-state index contributed by atoms with van der Waals surface area (Å²) in [6.07, 6.45) is 4.45. The van der Waals surface area contributed by atoms with E-state index in [1.54, 1.807) is 30.3 Å². The van der Waals surface area contributed by atoms with Gasteiger partial charge in [0.25, 0.3) is 0 Å². The number of carboxylic acid groups (broad SMARTS) is 1. The first-order valence-corrected chi connectivity index (χ1v) is 7.70. The summed E-state index contributed by atoms with van der Waals surface area (Å²) in [6, 6.07) is 18.7. The molecular weight excluding hydrogens is 276 g/mol. The number of carboxylic acids is 1. The predicted molar refractivity (Wildman–Crippen MR) is 87.1 cm³/mol. The smallest absolute Gasteiger partial charge is 0.335 e. The molecule has 0 heterocycles. The minimum Gasteiger partial charge on any atom is -0.478 e. The van der Waals surface area contributed by atoms with Crippen LogP contribution in [0.15, 0.2) is 60.7 Å². The third-order valence-electron chi connectivity index (χ3n) is 3.98. The Morgan fingerprint density at radius 1 is 0.864 bits per heavy atom. The Labute approximate surface area is 131 Å². The van der Waals surface area contributed by atoms with Crippen LogP contribution in [0.25, 0.3) is 0 Å². The van der Waals surface area contributed by atoms with Crippen molar-refractivity contribution in [1.82, 2.24) is 0 Å². The number of rotatable bonds is 2. The van der Waals surface area contributed by atoms with E-state index < -0.39 is 5.97 Å². The van der Waals surface area contributed by atoms with Gasteiger partial charge in [0.15, 0.2) is 0 Å². The summed E-state index contributed by atoms with van der Waals surface area (Å²) in [5.41, 5.74) is 1.63. The van der Waals surface area contributed by atoms with Crippen LogP contribution >= 0.6 is 0 Å². The van der Waals surface area contributed by atoms with Gasteiger partial charge >= 0.3 is 5.97 Å². The van der Waals surface area contributed by atoms with E-state index >= 15 is 0 Å². The molecule has 116 valence electrons. The fourth-order valence-electron chi connectivity index (χ4n) is 2.78. The van der Waals surface area contributed by atoms with E-state index in [0.29, 0.717) is 11.5 Å². The van der Waals surface area contributed by atoms with Crippen molar-refractivity contribution in [2.75, 3.05) is 0 Å². The Balaban J connectivity index is 0.000000172. The molecule has 1 aliphatic rings. The van der Waals surface area contributed by atoms with Crippen molar-refractivity contribution >= 4 is 5.97 Å². The van der Waals surface area contributed by atoms with Gasteiger partial charge in [0.2, 0.25) is 0 Å². The summed E-state index contributed by atoms with van der Waals surface area (Å²) >= 11 is 0. The van der Waals surface area contributed by atoms with Gasteiger partial charge in [0.1, 0.15) is 0 Å². The zero-order valence-corrected chi connectivity index (χ0v) is 12.6. The van der Waals surface area contributed by atoms with Gasteiger partial charge in [-0.25, -0.2) is 4.79 Å². The van der Waals surface area contributed by atoms with Crippen molar-refractivity contribution < 1.29 is 15.0 Å². The first-order chi connectivity index (χ1) is 10.7. The molecule has 0 radical (unpaired) electrons. The number of hydrogen-bond donors (Lipinski definition) is 2. The lowest BCUT2D eigenvalue weighted by atomic mass is 9.82. The van der Waals surface area contributed by atoms with Crippen molar-refractivity contribution in [3.05, 3.63) is 71.8 Å². The molecule has 2 atom stereocenters. The summed E-state index contributed by atoms with van der Waals surface area (Å²) in [4.78, 5) is 10.2. The lowest BCUT2D eigenvalue weighted by Crippen LogP contribution is -2.22. The van der Waals surface area contributed by atoms with Crippen LogP contribution < -0.4 is 0 Å². The van der Waals surface area contributed by atoms with E-state index in [-0.39, 0.29) is 6.10 Å². The zero-order chi connectivity index (χ0) is 15.8. The summed E-state index contributed by atoms with van der Waals surface area (Å²) in [5.74, 6) is -0.495. The average molecular weight is 298 g/mol. The molecule has 2 unspecified atom stereocenters. The molecule has 1 saturated carbocycles. The van der Waals surface area contributed by atoms with Crippen LogP contribution in [0.1, 0.15) is 47.5 Å². The van der Waals surface area contributed by atoms with Crippen LogP contribution in [0.4, 0.5) is 0 Å². The SMILES string of the molecule is O=C(O)c1ccccc1.OC1CCCCC1c1ccccc1. The molecule has 2 N–H and O–H groups in total. The number of aliphatic hydroxyl groups is 1. The van der Waals surface area contributed by atoms with Gasteiger partial charge in [-0.15, -0.1) is 0 Å². The maximum atomic E-state index is 10.2. The second-order valence-corrected chi connectivity index (χ2v) is 5.54. The number of hydrogen-bond acceptors (Lipinski definition) is 2. The molecule has 0 amide bonds. The molecule has 0 saturated heterocycles. The Morgan fingerprint density at radius 2 is 1.41 bits per heavy atom. The largest absolute Gasteiger partial charge is 0.478 e. The Morgan fingerprint density at radius 3 is 1.91 bits per heavy atom. The van der Waals surface area contributed by atoms with E-state index in [2.05, 4.69) is 24.3 Å². The molecule has 2 aromatic rings. The van der Waals surface area contributed by atoms with Gasteiger partial charge < -0.3 is 10.2 Å². The van der Waals surface area contributed by atoms with E-state index in [9.17, 15) is 9.90 Å². The molecule has 1 aliphatic carbocycles. The normalized spacial score (nSPS) is 20.6. The zero-order valence-electron chi connectivity index (χ0n) is 12.6. The third kappa shape index (κ3) is 4.71. The molecule has 0 aromatic heterocycles. The molecule has 3 rings (SSSR count). The maximum absolute atomic E-state index is 10.2. The van der Waals surface area contributed by atoms with Crippen molar-refractivity contribution in [2.24, 2.45) is 0 Å². The quantitative estimate of drug-likeness (QED) is 0.878. The standard InChI is InChI=1S/C12H16O.C7H6O2/c13-12-9-5-4-8-11(12)10-6-2-1-3-7-10;8-7(9)6-4-2-1-3-5-6/h1-3,6-7,11-13H,4-5,8-9H2;1-5H,(H,8,9). The first kappa shape index (κ1) is 16.2. The average Bonchev–Trinajstić information content (AvgIpc) is 2.57. The highest BCUT2D eigenvalue weighted by Gasteiger charge is 2.23. The second-order valence-electron chi connectivity index (χ2n) is 5.54. The number of aromatic carboxylic acids is 1. The minimum atomic E-state index is -0.879. The highest BCUT2D eigenvalue weighted by molar-refractivity contribution is 5.87. The molecule has 0 spiro atoms. The van der Waals surface area contributed by atoms with Crippen molar-refractivity contribution in [3.8, 4) is 0 Å². The summed E-state index contributed by atoms with van der Waals surface area (Å²) < 4.78 is 0. The fraction of sp³-hybridized carbons (Fsp3) is 0.316. The lowest BCUT2D eigenvalue weighted by molar-refractivity contribution is 0.0697. The summed E-state index contributed by atoms with van der Waals surface area (Å²) in [5, 5.41) is 18.2. The van der Waals surface area contributed by atoms with E-state index in [4.69, 9.17) is 5.11 Å². The second kappa shape index (κ2) is 8.35. The fourth-order valence-corrected chi connectivity index (χ4v) is 2.78. The van der Waals surface area contributed by atoms with Gasteiger partial charge in [-0.1, -0.05) is 61.4 Å². The van der Waals surface area contributed by atoms with E-state index in [1.807, 2.05) is 6.07 Å². The van der Waals surface area contributed by atoms with Crippen molar-refractivity contribution in [1.29, 1.82) is 0 Å². The van der Waals surface area contributed by atoms with Crippen LogP contribution in [-0.2, 0) is 0 Å². The highest BCUT2D eigenvalue weighted by atomic mass is 16.4. The van der Waals surface area contributed by atoms with Crippen molar-refractivity contribution in [2.45, 2.75) is 37.7 Å². The molecule has 0 aliphatic heterocycles. The molecule has 0 bridgehead atoms. The molecule has 2 aromatic carbocycles. The van der Waals surface area contributed by atoms with Gasteiger partial charge in [0, 0.05) is 5.92 Å². The number of carbonyl (C=O) groups is 1. The van der Waals surface area contributed by atoms with E-state index in [0.717, 1.165) is 12.8 Å². The predicted octanol–water partition coefficient (Wildman–Crippen LogP) is 4.09. The summed E-state index contributed by atoms with van der Waals surface area (Å²) in [7, 11) is 0. The summed E-state index contributed by atoms with van der Waals surface area (Å²) in [6.45, 7) is 0. The molecular formula is C19H22O3. The van der Waals surface area contributed by atoms with Crippen LogP contribution in [-0.4, -0.2) is 22.3 Å². The van der Waals surface area contributed by atoms with Gasteiger partial charge in [0.05, 0.1) is 11.7 Å². The Bertz CT molecular complexity index is 566. The Kier molecular flexibility index (Phi) is 6.16. The molecule has 3 nitrogen and oxygen atoms in total.